The zero-order valence-electron chi connectivity index (χ0n) is 20.1. The molecule has 2 aliphatic rings. The number of hydrogen-bond donors (Lipinski definition) is 1. The third-order valence-electron chi connectivity index (χ3n) is 7.06. The Morgan fingerprint density at radius 3 is 2.57 bits per heavy atom. The van der Waals surface area contributed by atoms with Crippen molar-refractivity contribution < 1.29 is 17.9 Å². The molecule has 0 unspecified atom stereocenters. The van der Waals surface area contributed by atoms with Crippen molar-refractivity contribution in [1.29, 1.82) is 0 Å². The Morgan fingerprint density at radius 2 is 1.91 bits per heavy atom. The van der Waals surface area contributed by atoms with Crippen LogP contribution < -0.4 is 14.8 Å². The molecular formula is C25H29N5O4S. The summed E-state index contributed by atoms with van der Waals surface area (Å²) in [4.78, 5) is 25.5. The number of aromatic nitrogens is 2. The van der Waals surface area contributed by atoms with E-state index in [1.807, 2.05) is 37.2 Å². The summed E-state index contributed by atoms with van der Waals surface area (Å²) < 4.78 is 30.3. The Labute approximate surface area is 205 Å². The number of rotatable bonds is 7. The number of hydrogen-bond acceptors (Lipinski definition) is 7. The molecule has 0 atom stereocenters. The fraction of sp³-hybridized carbons (Fsp3) is 0.400. The molecule has 2 N–H and O–H groups in total. The lowest BCUT2D eigenvalue weighted by molar-refractivity contribution is -0.125. The van der Waals surface area contributed by atoms with Gasteiger partial charge < -0.3 is 14.5 Å². The van der Waals surface area contributed by atoms with E-state index in [1.165, 1.54) is 6.07 Å². The van der Waals surface area contributed by atoms with E-state index in [-0.39, 0.29) is 16.7 Å². The molecule has 0 radical (unpaired) electrons. The molecule has 1 spiro atoms. The number of amides is 1. The number of nitrogens with two attached hydrogens (primary N) is 1. The predicted octanol–water partition coefficient (Wildman–Crippen LogP) is 2.67. The molecule has 0 bridgehead atoms. The van der Waals surface area contributed by atoms with E-state index in [0.29, 0.717) is 12.2 Å². The van der Waals surface area contributed by atoms with Gasteiger partial charge in [0, 0.05) is 36.3 Å². The molecule has 1 saturated carbocycles. The third kappa shape index (κ3) is 3.95. The Morgan fingerprint density at radius 1 is 1.14 bits per heavy atom. The zero-order valence-corrected chi connectivity index (χ0v) is 20.9. The van der Waals surface area contributed by atoms with Crippen molar-refractivity contribution >= 4 is 32.5 Å². The maximum atomic E-state index is 13.1. The third-order valence-corrected chi connectivity index (χ3v) is 7.96. The van der Waals surface area contributed by atoms with Crippen LogP contribution in [0.2, 0.25) is 0 Å². The number of ether oxygens (including phenoxy) is 1. The average Bonchev–Trinajstić information content (AvgIpc) is 3.03. The number of nitrogens with zero attached hydrogens (tertiary/aromatic N) is 4. The first-order valence-corrected chi connectivity index (χ1v) is 13.2. The molecule has 1 aliphatic carbocycles. The second-order valence-electron chi connectivity index (χ2n) is 9.63. The van der Waals surface area contributed by atoms with Crippen molar-refractivity contribution in [1.82, 2.24) is 14.9 Å². The van der Waals surface area contributed by atoms with Crippen molar-refractivity contribution in [3.63, 3.8) is 0 Å². The van der Waals surface area contributed by atoms with Crippen LogP contribution in [0.4, 0.5) is 5.69 Å². The van der Waals surface area contributed by atoms with Crippen LogP contribution in [0.5, 0.6) is 5.88 Å². The van der Waals surface area contributed by atoms with Crippen LogP contribution in [0.25, 0.3) is 22.0 Å². The highest BCUT2D eigenvalue weighted by atomic mass is 32.2. The van der Waals surface area contributed by atoms with Crippen molar-refractivity contribution in [2.45, 2.75) is 36.0 Å². The van der Waals surface area contributed by atoms with Gasteiger partial charge in [-0.3, -0.25) is 9.78 Å². The van der Waals surface area contributed by atoms with Crippen LogP contribution >= 0.6 is 0 Å². The number of pyridine rings is 2. The van der Waals surface area contributed by atoms with Gasteiger partial charge in [-0.25, -0.2) is 18.5 Å². The minimum absolute atomic E-state index is 0.000930. The number of anilines is 1. The second-order valence-corrected chi connectivity index (χ2v) is 11.2. The van der Waals surface area contributed by atoms with Gasteiger partial charge in [-0.2, -0.15) is 0 Å². The van der Waals surface area contributed by atoms with Gasteiger partial charge in [-0.05, 0) is 57.1 Å². The number of carbonyl (C=O) groups excluding carboxylic acids is 1. The van der Waals surface area contributed by atoms with Gasteiger partial charge in [0.25, 0.3) is 0 Å². The normalized spacial score (nSPS) is 16.7. The van der Waals surface area contributed by atoms with Crippen molar-refractivity contribution in [3.05, 3.63) is 42.2 Å². The van der Waals surface area contributed by atoms with Gasteiger partial charge in [0.1, 0.15) is 4.90 Å². The molecule has 3 aromatic rings. The maximum absolute atomic E-state index is 13.1. The Hall–Kier alpha value is -3.08. The lowest BCUT2D eigenvalue weighted by Crippen LogP contribution is -2.43. The fourth-order valence-electron chi connectivity index (χ4n) is 5.10. The molecule has 1 amide bonds. The predicted molar refractivity (Wildman–Crippen MR) is 134 cm³/mol. The van der Waals surface area contributed by atoms with Crippen LogP contribution in [0, 0.1) is 0 Å². The van der Waals surface area contributed by atoms with E-state index in [9.17, 15) is 13.2 Å². The second kappa shape index (κ2) is 8.54. The Kier molecular flexibility index (Phi) is 5.77. The lowest BCUT2D eigenvalue weighted by Gasteiger charge is -2.37. The average molecular weight is 496 g/mol. The smallest absolute Gasteiger partial charge is 0.243 e. The van der Waals surface area contributed by atoms with Gasteiger partial charge in [0.2, 0.25) is 21.8 Å². The standard InChI is InChI=1S/C25H29N5O4S/c1-29(2)10-5-11-34-23-21(35(26,32)33)13-17(14-28-23)16-6-7-19-18(12-16)22-20(15-27-19)30(3)24(31)25(22)8-4-9-25/h6-7,12-15H,4-5,8-11H2,1-3H3,(H2,26,32,33). The quantitative estimate of drug-likeness (QED) is 0.501. The van der Waals surface area contributed by atoms with Crippen LogP contribution in [-0.2, 0) is 20.2 Å². The molecule has 2 aromatic heterocycles. The van der Waals surface area contributed by atoms with Crippen molar-refractivity contribution in [2.75, 3.05) is 39.2 Å². The van der Waals surface area contributed by atoms with E-state index in [1.54, 1.807) is 24.3 Å². The van der Waals surface area contributed by atoms with Crippen molar-refractivity contribution in [3.8, 4) is 17.0 Å². The molecule has 9 nitrogen and oxygen atoms in total. The fourth-order valence-corrected chi connectivity index (χ4v) is 5.75. The topological polar surface area (TPSA) is 119 Å². The number of primary sulfonamides is 1. The SMILES string of the molecule is CN(C)CCCOc1ncc(-c2ccc3ncc4c(c3c2)C2(CCC2)C(=O)N4C)cc1S(N)(=O)=O. The van der Waals surface area contributed by atoms with E-state index < -0.39 is 15.4 Å². The summed E-state index contributed by atoms with van der Waals surface area (Å²) in [5.74, 6) is 0.117. The molecule has 5 rings (SSSR count). The van der Waals surface area contributed by atoms with E-state index in [4.69, 9.17) is 9.88 Å². The first kappa shape index (κ1) is 23.7. The Bertz CT molecular complexity index is 1430. The Balaban J connectivity index is 1.56. The summed E-state index contributed by atoms with van der Waals surface area (Å²) in [6.07, 6.45) is 6.74. The molecule has 10 heteroatoms. The first-order chi connectivity index (χ1) is 16.6. The summed E-state index contributed by atoms with van der Waals surface area (Å²) in [6, 6.07) is 7.23. The molecule has 1 fully saturated rings. The van der Waals surface area contributed by atoms with E-state index in [2.05, 4.69) is 9.97 Å². The van der Waals surface area contributed by atoms with Gasteiger partial charge in [0.05, 0.1) is 29.4 Å². The van der Waals surface area contributed by atoms with Crippen LogP contribution in [0.3, 0.4) is 0 Å². The number of fused-ring (bicyclic) bond motifs is 4. The summed E-state index contributed by atoms with van der Waals surface area (Å²) in [5.41, 5.74) is 3.52. The minimum atomic E-state index is -4.06. The number of sulfonamides is 1. The van der Waals surface area contributed by atoms with Gasteiger partial charge >= 0.3 is 0 Å². The van der Waals surface area contributed by atoms with Crippen LogP contribution in [0.15, 0.2) is 41.6 Å². The minimum Gasteiger partial charge on any atom is -0.477 e. The molecule has 35 heavy (non-hydrogen) atoms. The number of likely N-dealkylation sites (N-methyl/N-ethyl adjacent to an activating group) is 1. The monoisotopic (exact) mass is 495 g/mol. The lowest BCUT2D eigenvalue weighted by atomic mass is 9.64. The van der Waals surface area contributed by atoms with Crippen LogP contribution in [0.1, 0.15) is 31.2 Å². The van der Waals surface area contributed by atoms with Gasteiger partial charge in [0.15, 0.2) is 0 Å². The summed E-state index contributed by atoms with van der Waals surface area (Å²) in [5, 5.41) is 6.41. The van der Waals surface area contributed by atoms with Crippen LogP contribution in [-0.4, -0.2) is 63.5 Å². The number of carbonyl (C=O) groups is 1. The summed E-state index contributed by atoms with van der Waals surface area (Å²) >= 11 is 0. The van der Waals surface area contributed by atoms with Gasteiger partial charge in [-0.15, -0.1) is 0 Å². The highest BCUT2D eigenvalue weighted by Gasteiger charge is 2.54. The maximum Gasteiger partial charge on any atom is 0.243 e. The van der Waals surface area contributed by atoms with Crippen molar-refractivity contribution in [2.24, 2.45) is 5.14 Å². The molecule has 1 aliphatic heterocycles. The molecule has 3 heterocycles. The largest absolute Gasteiger partial charge is 0.477 e. The molecule has 184 valence electrons. The van der Waals surface area contributed by atoms with E-state index >= 15 is 0 Å². The summed E-state index contributed by atoms with van der Waals surface area (Å²) in [7, 11) is 1.65. The highest BCUT2D eigenvalue weighted by Crippen LogP contribution is 2.55. The number of benzene rings is 1. The van der Waals surface area contributed by atoms with Gasteiger partial charge in [-0.1, -0.05) is 12.5 Å². The van der Waals surface area contributed by atoms with E-state index in [0.717, 1.165) is 59.9 Å². The molecule has 1 aromatic carbocycles. The molecule has 0 saturated heterocycles. The highest BCUT2D eigenvalue weighted by molar-refractivity contribution is 7.89. The molecular weight excluding hydrogens is 466 g/mol. The zero-order chi connectivity index (χ0) is 25.0. The summed E-state index contributed by atoms with van der Waals surface area (Å²) in [6.45, 7) is 1.13. The first-order valence-electron chi connectivity index (χ1n) is 11.6.